The topological polar surface area (TPSA) is 101 Å². The van der Waals surface area contributed by atoms with Crippen LogP contribution in [0, 0.1) is 12.8 Å². The number of nitrogens with one attached hydrogen (secondary N) is 1. The van der Waals surface area contributed by atoms with Gasteiger partial charge in [-0.1, -0.05) is 19.0 Å². The largest absolute Gasteiger partial charge is 0.427 e. The van der Waals surface area contributed by atoms with Crippen LogP contribution in [-0.4, -0.2) is 41.1 Å². The van der Waals surface area contributed by atoms with Crippen molar-refractivity contribution in [2.75, 3.05) is 20.1 Å². The fourth-order valence-corrected chi connectivity index (χ4v) is 3.45. The summed E-state index contributed by atoms with van der Waals surface area (Å²) in [7, 11) is 1.60. The minimum absolute atomic E-state index is 0.0527. The predicted molar refractivity (Wildman–Crippen MR) is 103 cm³/mol. The minimum atomic E-state index is -0.594. The van der Waals surface area contributed by atoms with Crippen molar-refractivity contribution >= 4 is 5.91 Å². The van der Waals surface area contributed by atoms with E-state index in [2.05, 4.69) is 29.3 Å². The van der Waals surface area contributed by atoms with Gasteiger partial charge >= 0.3 is 5.63 Å². The van der Waals surface area contributed by atoms with Gasteiger partial charge in [-0.15, -0.1) is 0 Å². The first-order chi connectivity index (χ1) is 13.3. The lowest BCUT2D eigenvalue weighted by atomic mass is 9.95. The zero-order valence-corrected chi connectivity index (χ0v) is 16.9. The lowest BCUT2D eigenvalue weighted by molar-refractivity contribution is 0.0763. The molecule has 0 radical (unpaired) electrons. The van der Waals surface area contributed by atoms with Gasteiger partial charge in [0.2, 0.25) is 5.89 Å². The summed E-state index contributed by atoms with van der Waals surface area (Å²) in [5.41, 5.74) is 0.0834. The Hall–Kier alpha value is -2.48. The maximum absolute atomic E-state index is 12.8. The lowest BCUT2D eigenvalue weighted by Crippen LogP contribution is -2.33. The molecule has 1 N–H and O–H groups in total. The van der Waals surface area contributed by atoms with Gasteiger partial charge in [0.15, 0.2) is 5.82 Å². The number of piperidine rings is 1. The lowest BCUT2D eigenvalue weighted by Gasteiger charge is -2.22. The van der Waals surface area contributed by atoms with Crippen LogP contribution in [0.25, 0.3) is 0 Å². The Morgan fingerprint density at radius 3 is 2.86 bits per heavy atom. The zero-order chi connectivity index (χ0) is 20.3. The van der Waals surface area contributed by atoms with Gasteiger partial charge < -0.3 is 19.2 Å². The monoisotopic (exact) mass is 388 g/mol. The second kappa shape index (κ2) is 8.68. The van der Waals surface area contributed by atoms with Gasteiger partial charge in [0.1, 0.15) is 11.3 Å². The molecule has 8 heteroatoms. The smallest absolute Gasteiger partial charge is 0.349 e. The van der Waals surface area contributed by atoms with Gasteiger partial charge in [0, 0.05) is 25.9 Å². The van der Waals surface area contributed by atoms with Crippen LogP contribution in [0.15, 0.2) is 19.8 Å². The van der Waals surface area contributed by atoms with Crippen molar-refractivity contribution in [3.63, 3.8) is 0 Å². The molecule has 2 aromatic rings. The van der Waals surface area contributed by atoms with Gasteiger partial charge in [-0.3, -0.25) is 4.79 Å². The quantitative estimate of drug-likeness (QED) is 0.810. The summed E-state index contributed by atoms with van der Waals surface area (Å²) in [6.45, 7) is 7.81. The normalized spacial score (nSPS) is 17.1. The number of hydrogen-bond acceptors (Lipinski definition) is 7. The summed E-state index contributed by atoms with van der Waals surface area (Å²) >= 11 is 0. The van der Waals surface area contributed by atoms with Crippen LogP contribution in [0.5, 0.6) is 0 Å². The van der Waals surface area contributed by atoms with Crippen molar-refractivity contribution in [1.29, 1.82) is 0 Å². The molecular formula is C20H28N4O4. The van der Waals surface area contributed by atoms with Gasteiger partial charge in [-0.2, -0.15) is 4.98 Å². The third-order valence-electron chi connectivity index (χ3n) is 4.90. The number of aryl methyl sites for hydroxylation is 1. The van der Waals surface area contributed by atoms with E-state index in [1.165, 1.54) is 4.90 Å². The number of carbonyl (C=O) groups is 1. The summed E-state index contributed by atoms with van der Waals surface area (Å²) in [6, 6.07) is 1.81. The van der Waals surface area contributed by atoms with Crippen LogP contribution in [0.1, 0.15) is 66.0 Å². The fraction of sp³-hybridized carbons (Fsp3) is 0.600. The summed E-state index contributed by atoms with van der Waals surface area (Å²) in [6.07, 6.45) is 2.72. The van der Waals surface area contributed by atoms with Crippen LogP contribution in [0.3, 0.4) is 0 Å². The Morgan fingerprint density at radius 1 is 1.43 bits per heavy atom. The molecule has 152 valence electrons. The maximum Gasteiger partial charge on any atom is 0.349 e. The van der Waals surface area contributed by atoms with E-state index in [9.17, 15) is 9.59 Å². The molecule has 1 aliphatic rings. The Labute approximate surface area is 164 Å². The summed E-state index contributed by atoms with van der Waals surface area (Å²) in [4.78, 5) is 31.1. The fourth-order valence-electron chi connectivity index (χ4n) is 3.45. The molecule has 3 rings (SSSR count). The molecule has 3 heterocycles. The molecule has 28 heavy (non-hydrogen) atoms. The summed E-state index contributed by atoms with van der Waals surface area (Å²) < 4.78 is 10.7. The van der Waals surface area contributed by atoms with E-state index in [1.54, 1.807) is 14.0 Å². The van der Waals surface area contributed by atoms with E-state index in [0.29, 0.717) is 35.4 Å². The molecule has 8 nitrogen and oxygen atoms in total. The molecule has 0 aliphatic carbocycles. The first-order valence-corrected chi connectivity index (χ1v) is 9.77. The molecule has 0 spiro atoms. The first kappa shape index (κ1) is 20.3. The van der Waals surface area contributed by atoms with Crippen molar-refractivity contribution in [2.24, 2.45) is 5.92 Å². The maximum atomic E-state index is 12.8. The molecule has 1 unspecified atom stereocenters. The molecule has 1 fully saturated rings. The highest BCUT2D eigenvalue weighted by molar-refractivity contribution is 5.94. The molecule has 0 aromatic carbocycles. The molecule has 0 bridgehead atoms. The standard InChI is InChI=1S/C20H28N4O4/c1-12(2)8-16-22-17(28-23-16)11-24(4)19(25)18-13(3)9-15(27-20(18)26)14-6-5-7-21-10-14/h9,12,14,21H,5-8,10-11H2,1-4H3. The van der Waals surface area contributed by atoms with E-state index < -0.39 is 11.5 Å². The molecule has 0 saturated carbocycles. The summed E-state index contributed by atoms with van der Waals surface area (Å²) in [5.74, 6) is 1.77. The van der Waals surface area contributed by atoms with Crippen LogP contribution >= 0.6 is 0 Å². The van der Waals surface area contributed by atoms with Crippen LogP contribution in [0.2, 0.25) is 0 Å². The van der Waals surface area contributed by atoms with Crippen LogP contribution < -0.4 is 10.9 Å². The zero-order valence-electron chi connectivity index (χ0n) is 16.9. The number of rotatable bonds is 6. The van der Waals surface area contributed by atoms with E-state index >= 15 is 0 Å². The molecule has 1 amide bonds. The average Bonchev–Trinajstić information content (AvgIpc) is 3.07. The number of amides is 1. The van der Waals surface area contributed by atoms with Crippen molar-refractivity contribution in [1.82, 2.24) is 20.4 Å². The van der Waals surface area contributed by atoms with Crippen molar-refractivity contribution in [2.45, 2.75) is 52.5 Å². The second-order valence-corrected chi connectivity index (χ2v) is 7.90. The Morgan fingerprint density at radius 2 is 2.21 bits per heavy atom. The SMILES string of the molecule is Cc1cc(C2CCCNC2)oc(=O)c1C(=O)N(C)Cc1nc(CC(C)C)no1. The third-order valence-corrected chi connectivity index (χ3v) is 4.90. The molecule has 1 aliphatic heterocycles. The van der Waals surface area contributed by atoms with Crippen molar-refractivity contribution in [3.05, 3.63) is 45.1 Å². The first-order valence-electron chi connectivity index (χ1n) is 9.77. The number of carbonyl (C=O) groups excluding carboxylic acids is 1. The molecule has 2 aromatic heterocycles. The Kier molecular flexibility index (Phi) is 6.28. The summed E-state index contributed by atoms with van der Waals surface area (Å²) in [5, 5.41) is 7.24. The van der Waals surface area contributed by atoms with E-state index in [1.807, 2.05) is 6.07 Å². The van der Waals surface area contributed by atoms with Gasteiger partial charge in [-0.05, 0) is 43.9 Å². The van der Waals surface area contributed by atoms with E-state index in [-0.39, 0.29) is 18.0 Å². The highest BCUT2D eigenvalue weighted by Gasteiger charge is 2.25. The average molecular weight is 388 g/mol. The van der Waals surface area contributed by atoms with Gasteiger partial charge in [-0.25, -0.2) is 4.79 Å². The van der Waals surface area contributed by atoms with E-state index in [4.69, 9.17) is 8.94 Å². The van der Waals surface area contributed by atoms with Gasteiger partial charge in [0.05, 0.1) is 6.54 Å². The Bertz CT molecular complexity index is 881. The number of nitrogens with zero attached hydrogens (tertiary/aromatic N) is 3. The van der Waals surface area contributed by atoms with E-state index in [0.717, 1.165) is 25.9 Å². The molecule has 1 saturated heterocycles. The third kappa shape index (κ3) is 4.67. The minimum Gasteiger partial charge on any atom is -0.427 e. The van der Waals surface area contributed by atoms with Crippen LogP contribution in [0.4, 0.5) is 0 Å². The predicted octanol–water partition coefficient (Wildman–Crippen LogP) is 2.27. The highest BCUT2D eigenvalue weighted by atomic mass is 16.5. The molecular weight excluding hydrogens is 360 g/mol. The van der Waals surface area contributed by atoms with Gasteiger partial charge in [0.25, 0.3) is 5.91 Å². The van der Waals surface area contributed by atoms with Crippen LogP contribution in [-0.2, 0) is 13.0 Å². The Balaban J connectivity index is 1.74. The number of aromatic nitrogens is 2. The second-order valence-electron chi connectivity index (χ2n) is 7.90. The van der Waals surface area contributed by atoms with Crippen molar-refractivity contribution in [3.8, 4) is 0 Å². The van der Waals surface area contributed by atoms with Crippen molar-refractivity contribution < 1.29 is 13.7 Å². The number of hydrogen-bond donors (Lipinski definition) is 1. The molecule has 1 atom stereocenters. The highest BCUT2D eigenvalue weighted by Crippen LogP contribution is 2.24.